The first-order valence-electron chi connectivity index (χ1n) is 5.92. The van der Waals surface area contributed by atoms with Crippen molar-refractivity contribution in [2.45, 2.75) is 25.7 Å². The van der Waals surface area contributed by atoms with Crippen LogP contribution in [0.5, 0.6) is 0 Å². The van der Waals surface area contributed by atoms with Crippen LogP contribution in [0.25, 0.3) is 0 Å². The van der Waals surface area contributed by atoms with Crippen molar-refractivity contribution in [2.75, 3.05) is 32.3 Å². The molecule has 0 spiro atoms. The van der Waals surface area contributed by atoms with Gasteiger partial charge in [0.15, 0.2) is 0 Å². The van der Waals surface area contributed by atoms with Crippen LogP contribution in [0, 0.1) is 17.3 Å². The Labute approximate surface area is 101 Å². The van der Waals surface area contributed by atoms with Crippen LogP contribution >= 0.6 is 15.9 Å². The number of methoxy groups -OCH3 is 1. The quantitative estimate of drug-likeness (QED) is 0.526. The fraction of sp³-hybridized carbons (Fsp3) is 1.00. The van der Waals surface area contributed by atoms with Crippen molar-refractivity contribution in [1.29, 1.82) is 0 Å². The third kappa shape index (κ3) is 2.95. The van der Waals surface area contributed by atoms with Crippen LogP contribution in [0.15, 0.2) is 0 Å². The van der Waals surface area contributed by atoms with Gasteiger partial charge in [-0.1, -0.05) is 15.9 Å². The molecule has 0 heterocycles. The normalized spacial score (nSPS) is 38.0. The highest BCUT2D eigenvalue weighted by atomic mass is 79.9. The van der Waals surface area contributed by atoms with Gasteiger partial charge in [0, 0.05) is 19.0 Å². The minimum atomic E-state index is 0.556. The molecule has 88 valence electrons. The van der Waals surface area contributed by atoms with Crippen LogP contribution in [0.3, 0.4) is 0 Å². The van der Waals surface area contributed by atoms with Gasteiger partial charge in [-0.2, -0.15) is 0 Å². The largest absolute Gasteiger partial charge is 0.382 e. The highest BCUT2D eigenvalue weighted by Crippen LogP contribution is 2.61. The zero-order chi connectivity index (χ0) is 10.7. The van der Waals surface area contributed by atoms with Crippen molar-refractivity contribution < 1.29 is 9.47 Å². The number of rotatable bonds is 7. The fourth-order valence-electron chi connectivity index (χ4n) is 2.92. The van der Waals surface area contributed by atoms with Crippen molar-refractivity contribution in [2.24, 2.45) is 17.3 Å². The first kappa shape index (κ1) is 11.9. The number of hydrogen-bond acceptors (Lipinski definition) is 2. The Balaban J connectivity index is 1.63. The molecule has 3 heteroatoms. The Morgan fingerprint density at radius 3 is 2.53 bits per heavy atom. The molecule has 0 aromatic heterocycles. The van der Waals surface area contributed by atoms with Gasteiger partial charge in [-0.25, -0.2) is 0 Å². The molecule has 0 bridgehead atoms. The molecule has 2 aliphatic rings. The van der Waals surface area contributed by atoms with Crippen LogP contribution in [0.4, 0.5) is 0 Å². The van der Waals surface area contributed by atoms with E-state index < -0.39 is 0 Å². The van der Waals surface area contributed by atoms with E-state index in [1.54, 1.807) is 7.11 Å². The monoisotopic (exact) mass is 276 g/mol. The minimum Gasteiger partial charge on any atom is -0.382 e. The van der Waals surface area contributed by atoms with Gasteiger partial charge in [0.05, 0.1) is 13.2 Å². The number of ether oxygens (including phenoxy) is 2. The predicted octanol–water partition coefficient (Wildman–Crippen LogP) is 2.85. The zero-order valence-electron chi connectivity index (χ0n) is 9.51. The predicted molar refractivity (Wildman–Crippen MR) is 64.4 cm³/mol. The minimum absolute atomic E-state index is 0.556. The Morgan fingerprint density at radius 1 is 1.20 bits per heavy atom. The molecule has 0 amide bonds. The molecule has 2 nitrogen and oxygen atoms in total. The second-order valence-corrected chi connectivity index (χ2v) is 5.71. The zero-order valence-corrected chi connectivity index (χ0v) is 11.1. The van der Waals surface area contributed by atoms with Gasteiger partial charge in [0.1, 0.15) is 0 Å². The maximum Gasteiger partial charge on any atom is 0.0700 e. The van der Waals surface area contributed by atoms with E-state index in [2.05, 4.69) is 15.9 Å². The maximum atomic E-state index is 5.57. The topological polar surface area (TPSA) is 18.5 Å². The van der Waals surface area contributed by atoms with Crippen LogP contribution in [0.2, 0.25) is 0 Å². The highest BCUT2D eigenvalue weighted by Gasteiger charge is 2.52. The van der Waals surface area contributed by atoms with Crippen molar-refractivity contribution >= 4 is 15.9 Å². The molecule has 0 aliphatic heterocycles. The number of fused-ring (bicyclic) bond motifs is 1. The lowest BCUT2D eigenvalue weighted by atomic mass is 9.82. The number of halogens is 1. The molecule has 2 atom stereocenters. The standard InChI is InChI=1S/C12H21BrO2/c1-14-4-5-15-3-2-12(9-13)7-10-6-11(10)8-12/h10-11H,2-9H2,1H3. The summed E-state index contributed by atoms with van der Waals surface area (Å²) in [6.07, 6.45) is 5.57. The molecule has 2 fully saturated rings. The van der Waals surface area contributed by atoms with Gasteiger partial charge in [0.2, 0.25) is 0 Å². The lowest BCUT2D eigenvalue weighted by Crippen LogP contribution is -2.23. The molecule has 2 unspecified atom stereocenters. The summed E-state index contributed by atoms with van der Waals surface area (Å²) in [6, 6.07) is 0. The highest BCUT2D eigenvalue weighted by molar-refractivity contribution is 9.09. The molecule has 2 aliphatic carbocycles. The number of hydrogen-bond donors (Lipinski definition) is 0. The fourth-order valence-corrected chi connectivity index (χ4v) is 3.66. The molecule has 0 aromatic carbocycles. The third-order valence-electron chi connectivity index (χ3n) is 3.95. The molecule has 0 saturated heterocycles. The second-order valence-electron chi connectivity index (χ2n) is 5.15. The van der Waals surface area contributed by atoms with Crippen LogP contribution in [-0.2, 0) is 9.47 Å². The molecule has 15 heavy (non-hydrogen) atoms. The van der Waals surface area contributed by atoms with E-state index in [0.717, 1.165) is 30.4 Å². The Hall–Kier alpha value is 0.400. The van der Waals surface area contributed by atoms with E-state index in [0.29, 0.717) is 12.0 Å². The smallest absolute Gasteiger partial charge is 0.0700 e. The first-order chi connectivity index (χ1) is 7.29. The Bertz CT molecular complexity index is 198. The van der Waals surface area contributed by atoms with Crippen molar-refractivity contribution in [3.05, 3.63) is 0 Å². The summed E-state index contributed by atoms with van der Waals surface area (Å²) in [7, 11) is 1.72. The molecular formula is C12H21BrO2. The van der Waals surface area contributed by atoms with Gasteiger partial charge in [-0.15, -0.1) is 0 Å². The van der Waals surface area contributed by atoms with Gasteiger partial charge < -0.3 is 9.47 Å². The van der Waals surface area contributed by atoms with Crippen molar-refractivity contribution in [3.8, 4) is 0 Å². The molecule has 0 aromatic rings. The van der Waals surface area contributed by atoms with E-state index in [9.17, 15) is 0 Å². The van der Waals surface area contributed by atoms with E-state index in [1.807, 2.05) is 0 Å². The molecular weight excluding hydrogens is 256 g/mol. The SMILES string of the molecule is COCCOCCC1(CBr)CC2CC2C1. The lowest BCUT2D eigenvalue weighted by molar-refractivity contribution is 0.0534. The van der Waals surface area contributed by atoms with E-state index in [1.165, 1.54) is 25.7 Å². The average molecular weight is 277 g/mol. The van der Waals surface area contributed by atoms with Gasteiger partial charge >= 0.3 is 0 Å². The summed E-state index contributed by atoms with van der Waals surface area (Å²) < 4.78 is 10.5. The molecule has 0 radical (unpaired) electrons. The lowest BCUT2D eigenvalue weighted by Gasteiger charge is -2.28. The van der Waals surface area contributed by atoms with Crippen LogP contribution in [0.1, 0.15) is 25.7 Å². The molecule has 2 saturated carbocycles. The summed E-state index contributed by atoms with van der Waals surface area (Å²) >= 11 is 3.68. The summed E-state index contributed by atoms with van der Waals surface area (Å²) in [5, 5.41) is 1.15. The molecule has 2 rings (SSSR count). The molecule has 0 N–H and O–H groups in total. The Morgan fingerprint density at radius 2 is 1.93 bits per heavy atom. The third-order valence-corrected chi connectivity index (χ3v) is 5.14. The van der Waals surface area contributed by atoms with Gasteiger partial charge in [-0.3, -0.25) is 0 Å². The van der Waals surface area contributed by atoms with Crippen molar-refractivity contribution in [1.82, 2.24) is 0 Å². The first-order valence-corrected chi connectivity index (χ1v) is 7.04. The van der Waals surface area contributed by atoms with E-state index in [4.69, 9.17) is 9.47 Å². The average Bonchev–Trinajstić information content (AvgIpc) is 2.87. The van der Waals surface area contributed by atoms with Gasteiger partial charge in [-0.05, 0) is 42.9 Å². The van der Waals surface area contributed by atoms with Crippen molar-refractivity contribution in [3.63, 3.8) is 0 Å². The van der Waals surface area contributed by atoms with E-state index >= 15 is 0 Å². The summed E-state index contributed by atoms with van der Waals surface area (Å²) in [5.74, 6) is 2.11. The number of alkyl halides is 1. The second kappa shape index (κ2) is 5.15. The maximum absolute atomic E-state index is 5.57. The van der Waals surface area contributed by atoms with Crippen LogP contribution < -0.4 is 0 Å². The van der Waals surface area contributed by atoms with Crippen LogP contribution in [-0.4, -0.2) is 32.3 Å². The summed E-state index contributed by atoms with van der Waals surface area (Å²) in [6.45, 7) is 2.35. The van der Waals surface area contributed by atoms with Gasteiger partial charge in [0.25, 0.3) is 0 Å². The summed E-state index contributed by atoms with van der Waals surface area (Å²) in [4.78, 5) is 0. The summed E-state index contributed by atoms with van der Waals surface area (Å²) in [5.41, 5.74) is 0.556. The van der Waals surface area contributed by atoms with E-state index in [-0.39, 0.29) is 0 Å². The Kier molecular flexibility index (Phi) is 4.08.